The highest BCUT2D eigenvalue weighted by Crippen LogP contribution is 2.28. The number of hydrogen-bond acceptors (Lipinski definition) is 3. The lowest BCUT2D eigenvalue weighted by molar-refractivity contribution is 0.0225. The van der Waals surface area contributed by atoms with E-state index in [2.05, 4.69) is 6.07 Å². The van der Waals surface area contributed by atoms with E-state index in [-0.39, 0.29) is 18.1 Å². The number of nitriles is 1. The molecule has 1 aliphatic carbocycles. The van der Waals surface area contributed by atoms with Gasteiger partial charge in [-0.05, 0) is 40.0 Å². The van der Waals surface area contributed by atoms with Crippen LogP contribution in [0.2, 0.25) is 0 Å². The standard InChI is InChI=1S/C12H20N2O2/c1-12(2,3)16-11(15)14(4)10-6-5-9(7-10)8-13/h9-10H,5-7H2,1-4H3. The number of carbonyl (C=O) groups is 1. The summed E-state index contributed by atoms with van der Waals surface area (Å²) >= 11 is 0. The smallest absolute Gasteiger partial charge is 0.410 e. The van der Waals surface area contributed by atoms with Gasteiger partial charge in [0.15, 0.2) is 0 Å². The third-order valence-corrected chi connectivity index (χ3v) is 2.82. The van der Waals surface area contributed by atoms with Crippen LogP contribution in [0.25, 0.3) is 0 Å². The quantitative estimate of drug-likeness (QED) is 0.687. The Labute approximate surface area is 97.2 Å². The highest BCUT2D eigenvalue weighted by molar-refractivity contribution is 5.68. The topological polar surface area (TPSA) is 53.3 Å². The van der Waals surface area contributed by atoms with Gasteiger partial charge in [0, 0.05) is 19.0 Å². The van der Waals surface area contributed by atoms with Gasteiger partial charge in [0.1, 0.15) is 5.60 Å². The van der Waals surface area contributed by atoms with E-state index in [4.69, 9.17) is 10.00 Å². The van der Waals surface area contributed by atoms with Crippen LogP contribution in [0, 0.1) is 17.2 Å². The predicted molar refractivity (Wildman–Crippen MR) is 60.7 cm³/mol. The first-order valence-corrected chi connectivity index (χ1v) is 5.69. The van der Waals surface area contributed by atoms with Crippen LogP contribution in [0.4, 0.5) is 4.79 Å². The van der Waals surface area contributed by atoms with Gasteiger partial charge >= 0.3 is 6.09 Å². The monoisotopic (exact) mass is 224 g/mol. The first-order chi connectivity index (χ1) is 7.33. The van der Waals surface area contributed by atoms with Crippen LogP contribution in [0.5, 0.6) is 0 Å². The summed E-state index contributed by atoms with van der Waals surface area (Å²) in [7, 11) is 1.75. The molecule has 1 amide bonds. The third-order valence-electron chi connectivity index (χ3n) is 2.82. The molecule has 1 rings (SSSR count). The van der Waals surface area contributed by atoms with E-state index < -0.39 is 5.60 Å². The Kier molecular flexibility index (Phi) is 3.79. The van der Waals surface area contributed by atoms with Gasteiger partial charge in [0.05, 0.1) is 6.07 Å². The van der Waals surface area contributed by atoms with Crippen molar-refractivity contribution in [1.29, 1.82) is 5.26 Å². The van der Waals surface area contributed by atoms with Crippen LogP contribution >= 0.6 is 0 Å². The molecule has 1 aliphatic rings. The maximum atomic E-state index is 11.8. The molecule has 0 bridgehead atoms. The lowest BCUT2D eigenvalue weighted by atomic mass is 10.1. The molecule has 2 unspecified atom stereocenters. The molecule has 0 aromatic heterocycles. The summed E-state index contributed by atoms with van der Waals surface area (Å²) in [5, 5.41) is 8.81. The van der Waals surface area contributed by atoms with E-state index >= 15 is 0 Å². The maximum Gasteiger partial charge on any atom is 0.410 e. The van der Waals surface area contributed by atoms with Crippen LogP contribution < -0.4 is 0 Å². The molecule has 0 spiro atoms. The summed E-state index contributed by atoms with van der Waals surface area (Å²) in [6, 6.07) is 2.41. The summed E-state index contributed by atoms with van der Waals surface area (Å²) in [6.45, 7) is 5.56. The van der Waals surface area contributed by atoms with E-state index in [0.29, 0.717) is 0 Å². The Morgan fingerprint density at radius 3 is 2.50 bits per heavy atom. The van der Waals surface area contributed by atoms with Gasteiger partial charge in [-0.2, -0.15) is 5.26 Å². The van der Waals surface area contributed by atoms with Gasteiger partial charge in [-0.15, -0.1) is 0 Å². The van der Waals surface area contributed by atoms with Crippen LogP contribution in [0.15, 0.2) is 0 Å². The fraction of sp³-hybridized carbons (Fsp3) is 0.833. The number of carbonyl (C=O) groups excluding carboxylic acids is 1. The average molecular weight is 224 g/mol. The number of nitrogens with zero attached hydrogens (tertiary/aromatic N) is 2. The Morgan fingerprint density at radius 1 is 1.44 bits per heavy atom. The molecular weight excluding hydrogens is 204 g/mol. The molecule has 4 heteroatoms. The van der Waals surface area contributed by atoms with Gasteiger partial charge in [-0.25, -0.2) is 4.79 Å². The third kappa shape index (κ3) is 3.41. The number of rotatable bonds is 1. The largest absolute Gasteiger partial charge is 0.444 e. The van der Waals surface area contributed by atoms with E-state index in [1.807, 2.05) is 20.8 Å². The lowest BCUT2D eigenvalue weighted by Crippen LogP contribution is -2.39. The molecule has 0 aromatic rings. The second-order valence-electron chi connectivity index (χ2n) is 5.38. The summed E-state index contributed by atoms with van der Waals surface area (Å²) in [5.74, 6) is 0.0925. The van der Waals surface area contributed by atoms with Gasteiger partial charge < -0.3 is 9.64 Å². The molecule has 16 heavy (non-hydrogen) atoms. The molecule has 0 aromatic carbocycles. The Bertz CT molecular complexity index is 301. The van der Waals surface area contributed by atoms with Crippen molar-refractivity contribution in [3.8, 4) is 6.07 Å². The molecule has 0 radical (unpaired) electrons. The van der Waals surface area contributed by atoms with Crippen molar-refractivity contribution >= 4 is 6.09 Å². The van der Waals surface area contributed by atoms with Crippen LogP contribution in [0.3, 0.4) is 0 Å². The molecule has 2 atom stereocenters. The molecule has 0 aliphatic heterocycles. The van der Waals surface area contributed by atoms with Crippen LogP contribution in [0.1, 0.15) is 40.0 Å². The minimum absolute atomic E-state index is 0.0925. The fourth-order valence-electron chi connectivity index (χ4n) is 1.91. The first-order valence-electron chi connectivity index (χ1n) is 5.69. The van der Waals surface area contributed by atoms with E-state index in [0.717, 1.165) is 19.3 Å². The first kappa shape index (κ1) is 12.8. The van der Waals surface area contributed by atoms with Crippen molar-refractivity contribution < 1.29 is 9.53 Å². The molecule has 1 saturated carbocycles. The van der Waals surface area contributed by atoms with Crippen molar-refractivity contribution in [2.75, 3.05) is 7.05 Å². The van der Waals surface area contributed by atoms with Gasteiger partial charge in [-0.1, -0.05) is 0 Å². The average Bonchev–Trinajstić information content (AvgIpc) is 2.61. The number of hydrogen-bond donors (Lipinski definition) is 0. The van der Waals surface area contributed by atoms with Crippen molar-refractivity contribution in [1.82, 2.24) is 4.90 Å². The van der Waals surface area contributed by atoms with Crippen LogP contribution in [-0.4, -0.2) is 29.7 Å². The lowest BCUT2D eigenvalue weighted by Gasteiger charge is -2.28. The molecule has 90 valence electrons. The van der Waals surface area contributed by atoms with Crippen molar-refractivity contribution in [3.63, 3.8) is 0 Å². The van der Waals surface area contributed by atoms with E-state index in [9.17, 15) is 4.79 Å². The van der Waals surface area contributed by atoms with Crippen molar-refractivity contribution in [3.05, 3.63) is 0 Å². The van der Waals surface area contributed by atoms with Crippen molar-refractivity contribution in [2.24, 2.45) is 5.92 Å². The van der Waals surface area contributed by atoms with Gasteiger partial charge in [-0.3, -0.25) is 0 Å². The minimum atomic E-state index is -0.460. The molecule has 4 nitrogen and oxygen atoms in total. The molecule has 0 saturated heterocycles. The number of amides is 1. The highest BCUT2D eigenvalue weighted by atomic mass is 16.6. The summed E-state index contributed by atoms with van der Waals surface area (Å²) in [6.07, 6.45) is 2.25. The highest BCUT2D eigenvalue weighted by Gasteiger charge is 2.31. The maximum absolute atomic E-state index is 11.8. The molecule has 0 N–H and O–H groups in total. The zero-order chi connectivity index (χ0) is 12.3. The Morgan fingerprint density at radius 2 is 2.06 bits per heavy atom. The van der Waals surface area contributed by atoms with E-state index in [1.165, 1.54) is 0 Å². The summed E-state index contributed by atoms with van der Waals surface area (Å²) in [5.41, 5.74) is -0.460. The molecule has 0 heterocycles. The van der Waals surface area contributed by atoms with Crippen molar-refractivity contribution in [2.45, 2.75) is 51.7 Å². The fourth-order valence-corrected chi connectivity index (χ4v) is 1.91. The summed E-state index contributed by atoms with van der Waals surface area (Å²) < 4.78 is 5.28. The predicted octanol–water partition coefficient (Wildman–Crippen LogP) is 2.55. The van der Waals surface area contributed by atoms with Gasteiger partial charge in [0.2, 0.25) is 0 Å². The SMILES string of the molecule is CN(C(=O)OC(C)(C)C)C1CCC(C#N)C1. The van der Waals surface area contributed by atoms with Gasteiger partial charge in [0.25, 0.3) is 0 Å². The Balaban J connectivity index is 2.50. The number of ether oxygens (including phenoxy) is 1. The Hall–Kier alpha value is -1.24. The molecular formula is C12H20N2O2. The normalized spacial score (nSPS) is 24.9. The van der Waals surface area contributed by atoms with E-state index in [1.54, 1.807) is 11.9 Å². The zero-order valence-corrected chi connectivity index (χ0v) is 10.5. The molecule has 1 fully saturated rings. The second kappa shape index (κ2) is 4.73. The van der Waals surface area contributed by atoms with Crippen LogP contribution in [-0.2, 0) is 4.74 Å². The summed E-state index contributed by atoms with van der Waals surface area (Å²) in [4.78, 5) is 13.4. The zero-order valence-electron chi connectivity index (χ0n) is 10.5. The minimum Gasteiger partial charge on any atom is -0.444 e. The second-order valence-corrected chi connectivity index (χ2v) is 5.38.